The largest absolute Gasteiger partial charge is 0.330 e. The third-order valence-corrected chi connectivity index (χ3v) is 9.18. The number of hydrogen-bond acceptors (Lipinski definition) is 8. The number of anilines is 3. The first-order valence-electron chi connectivity index (χ1n) is 10.5. The summed E-state index contributed by atoms with van der Waals surface area (Å²) < 4.78 is 27.6. The summed E-state index contributed by atoms with van der Waals surface area (Å²) in [6, 6.07) is 12.5. The molecule has 0 atom stereocenters. The van der Waals surface area contributed by atoms with E-state index < -0.39 is 10.0 Å². The Kier molecular flexibility index (Phi) is 7.32. The van der Waals surface area contributed by atoms with Crippen LogP contribution in [0.15, 0.2) is 51.7 Å². The quantitative estimate of drug-likeness (QED) is 0.439. The zero-order chi connectivity index (χ0) is 23.4. The predicted octanol–water partition coefficient (Wildman–Crippen LogP) is 4.41. The highest BCUT2D eigenvalue weighted by molar-refractivity contribution is 8.01. The van der Waals surface area contributed by atoms with Gasteiger partial charge in [-0.05, 0) is 68.1 Å². The van der Waals surface area contributed by atoms with Gasteiger partial charge in [-0.1, -0.05) is 35.2 Å². The maximum absolute atomic E-state index is 12.7. The van der Waals surface area contributed by atoms with Crippen LogP contribution in [-0.4, -0.2) is 47.7 Å². The van der Waals surface area contributed by atoms with E-state index in [1.165, 1.54) is 44.6 Å². The first kappa shape index (κ1) is 23.7. The lowest BCUT2D eigenvalue weighted by Crippen LogP contribution is -2.28. The number of aryl methyl sites for hydroxylation is 2. The molecule has 174 valence electrons. The summed E-state index contributed by atoms with van der Waals surface area (Å²) in [7, 11) is -3.53. The summed E-state index contributed by atoms with van der Waals surface area (Å²) in [6.45, 7) is 5.19. The molecule has 0 bridgehead atoms. The monoisotopic (exact) mass is 503 g/mol. The van der Waals surface area contributed by atoms with Gasteiger partial charge in [-0.2, -0.15) is 4.31 Å². The number of nitrogens with zero attached hydrogens (tertiary/aromatic N) is 3. The number of hydrogen-bond donors (Lipinski definition) is 2. The second-order valence-corrected chi connectivity index (χ2v) is 11.9. The number of sulfonamides is 1. The molecule has 1 fully saturated rings. The van der Waals surface area contributed by atoms with Crippen molar-refractivity contribution < 1.29 is 13.2 Å². The van der Waals surface area contributed by atoms with Crippen molar-refractivity contribution >= 4 is 55.5 Å². The van der Waals surface area contributed by atoms with E-state index in [-0.39, 0.29) is 16.6 Å². The summed E-state index contributed by atoms with van der Waals surface area (Å²) in [5, 5.41) is 14.9. The van der Waals surface area contributed by atoms with Crippen LogP contribution in [0, 0.1) is 13.8 Å². The van der Waals surface area contributed by atoms with Gasteiger partial charge in [-0.3, -0.25) is 4.79 Å². The van der Waals surface area contributed by atoms with Crippen LogP contribution in [0.5, 0.6) is 0 Å². The van der Waals surface area contributed by atoms with E-state index in [9.17, 15) is 13.2 Å². The van der Waals surface area contributed by atoms with Crippen molar-refractivity contribution in [3.05, 3.63) is 53.6 Å². The van der Waals surface area contributed by atoms with Gasteiger partial charge in [0.2, 0.25) is 21.1 Å². The number of carbonyl (C=O) groups is 1. The smallest absolute Gasteiger partial charge is 0.243 e. The molecule has 4 rings (SSSR count). The number of nitrogens with one attached hydrogen (secondary N) is 2. The highest BCUT2D eigenvalue weighted by Gasteiger charge is 2.27. The molecule has 11 heteroatoms. The fourth-order valence-electron chi connectivity index (χ4n) is 3.40. The molecular weight excluding hydrogens is 478 g/mol. The molecule has 0 radical (unpaired) electrons. The van der Waals surface area contributed by atoms with Crippen molar-refractivity contribution in [2.45, 2.75) is 35.9 Å². The number of amides is 1. The second-order valence-electron chi connectivity index (χ2n) is 7.77. The number of carbonyl (C=O) groups excluding carboxylic acids is 1. The normalized spacial score (nSPS) is 14.4. The minimum atomic E-state index is -3.53. The molecule has 1 aliphatic heterocycles. The Hall–Kier alpha value is -2.47. The van der Waals surface area contributed by atoms with Crippen LogP contribution in [0.25, 0.3) is 0 Å². The zero-order valence-corrected chi connectivity index (χ0v) is 20.8. The third-order valence-electron chi connectivity index (χ3n) is 5.31. The molecule has 0 aliphatic carbocycles. The van der Waals surface area contributed by atoms with Crippen LogP contribution in [0.2, 0.25) is 0 Å². The van der Waals surface area contributed by atoms with Crippen molar-refractivity contribution in [3.8, 4) is 0 Å². The van der Waals surface area contributed by atoms with Gasteiger partial charge in [-0.15, -0.1) is 10.2 Å². The van der Waals surface area contributed by atoms with Crippen LogP contribution < -0.4 is 10.6 Å². The summed E-state index contributed by atoms with van der Waals surface area (Å²) in [5.41, 5.74) is 3.80. The molecule has 3 aromatic rings. The van der Waals surface area contributed by atoms with E-state index in [0.29, 0.717) is 28.2 Å². The molecule has 0 unspecified atom stereocenters. The topological polar surface area (TPSA) is 104 Å². The molecule has 1 saturated heterocycles. The lowest BCUT2D eigenvalue weighted by Gasteiger charge is -2.16. The SMILES string of the molecule is Cc1ccc(Nc2nnc(SCC(=O)Nc3cccc(S(=O)(=O)N4CCCC4)c3)s2)cc1C. The van der Waals surface area contributed by atoms with Crippen molar-refractivity contribution in [2.24, 2.45) is 0 Å². The molecule has 0 saturated carbocycles. The van der Waals surface area contributed by atoms with E-state index in [4.69, 9.17) is 0 Å². The van der Waals surface area contributed by atoms with Crippen LogP contribution in [0.4, 0.5) is 16.5 Å². The molecule has 2 aromatic carbocycles. The number of benzene rings is 2. The number of aromatic nitrogens is 2. The Labute approximate surface area is 201 Å². The van der Waals surface area contributed by atoms with Gasteiger partial charge in [0.25, 0.3) is 0 Å². The highest BCUT2D eigenvalue weighted by atomic mass is 32.2. The van der Waals surface area contributed by atoms with E-state index >= 15 is 0 Å². The van der Waals surface area contributed by atoms with Crippen molar-refractivity contribution in [1.29, 1.82) is 0 Å². The van der Waals surface area contributed by atoms with Gasteiger partial charge in [0.05, 0.1) is 10.6 Å². The lowest BCUT2D eigenvalue weighted by atomic mass is 10.1. The van der Waals surface area contributed by atoms with E-state index in [1.54, 1.807) is 18.2 Å². The predicted molar refractivity (Wildman–Crippen MR) is 133 cm³/mol. The fraction of sp³-hybridized carbons (Fsp3) is 0.318. The average molecular weight is 504 g/mol. The molecule has 1 amide bonds. The fourth-order valence-corrected chi connectivity index (χ4v) is 6.53. The number of thioether (sulfide) groups is 1. The Morgan fingerprint density at radius 1 is 1.06 bits per heavy atom. The summed E-state index contributed by atoms with van der Waals surface area (Å²) in [5.74, 6) is -0.101. The van der Waals surface area contributed by atoms with Gasteiger partial charge in [0.15, 0.2) is 4.34 Å². The first-order chi connectivity index (χ1) is 15.8. The molecule has 1 aliphatic rings. The van der Waals surface area contributed by atoms with Crippen LogP contribution in [0.3, 0.4) is 0 Å². The van der Waals surface area contributed by atoms with Crippen molar-refractivity contribution in [1.82, 2.24) is 14.5 Å². The van der Waals surface area contributed by atoms with Crippen LogP contribution in [0.1, 0.15) is 24.0 Å². The minimum Gasteiger partial charge on any atom is -0.330 e. The van der Waals surface area contributed by atoms with E-state index in [2.05, 4.69) is 40.7 Å². The number of rotatable bonds is 8. The first-order valence-corrected chi connectivity index (χ1v) is 13.8. The van der Waals surface area contributed by atoms with Crippen LogP contribution >= 0.6 is 23.1 Å². The standard InChI is InChI=1S/C22H25N5O3S3/c1-15-8-9-18(12-16(15)2)24-21-25-26-22(32-21)31-14-20(28)23-17-6-5-7-19(13-17)33(29,30)27-10-3-4-11-27/h5-9,12-13H,3-4,10-11,14H2,1-2H3,(H,23,28)(H,24,25). The summed E-state index contributed by atoms with van der Waals surface area (Å²) >= 11 is 2.65. The molecule has 8 nitrogen and oxygen atoms in total. The van der Waals surface area contributed by atoms with Crippen LogP contribution in [-0.2, 0) is 14.8 Å². The lowest BCUT2D eigenvalue weighted by molar-refractivity contribution is -0.113. The van der Waals surface area contributed by atoms with E-state index in [0.717, 1.165) is 18.5 Å². The van der Waals surface area contributed by atoms with Gasteiger partial charge in [0, 0.05) is 24.5 Å². The Morgan fingerprint density at radius 2 is 1.85 bits per heavy atom. The van der Waals surface area contributed by atoms with Gasteiger partial charge >= 0.3 is 0 Å². The molecule has 2 N–H and O–H groups in total. The van der Waals surface area contributed by atoms with Gasteiger partial charge in [-0.25, -0.2) is 8.42 Å². The molecular formula is C22H25N5O3S3. The maximum Gasteiger partial charge on any atom is 0.243 e. The van der Waals surface area contributed by atoms with E-state index in [1.807, 2.05) is 12.1 Å². The third kappa shape index (κ3) is 5.91. The second kappa shape index (κ2) is 10.2. The zero-order valence-electron chi connectivity index (χ0n) is 18.4. The highest BCUT2D eigenvalue weighted by Crippen LogP contribution is 2.29. The summed E-state index contributed by atoms with van der Waals surface area (Å²) in [6.07, 6.45) is 1.75. The molecule has 0 spiro atoms. The molecule has 1 aromatic heterocycles. The van der Waals surface area contributed by atoms with Gasteiger partial charge < -0.3 is 10.6 Å². The Bertz CT molecular complexity index is 1250. The Morgan fingerprint density at radius 3 is 2.61 bits per heavy atom. The molecule has 2 heterocycles. The van der Waals surface area contributed by atoms with Gasteiger partial charge in [0.1, 0.15) is 0 Å². The van der Waals surface area contributed by atoms with Crippen molar-refractivity contribution in [2.75, 3.05) is 29.5 Å². The average Bonchev–Trinajstić information content (AvgIpc) is 3.48. The Balaban J connectivity index is 1.32. The minimum absolute atomic E-state index is 0.140. The maximum atomic E-state index is 12.7. The van der Waals surface area contributed by atoms with Crippen molar-refractivity contribution in [3.63, 3.8) is 0 Å². The summed E-state index contributed by atoms with van der Waals surface area (Å²) in [4.78, 5) is 12.6. The molecule has 33 heavy (non-hydrogen) atoms.